The van der Waals surface area contributed by atoms with E-state index >= 15 is 0 Å². The molecule has 0 aliphatic carbocycles. The van der Waals surface area contributed by atoms with E-state index in [0.717, 1.165) is 30.9 Å². The fraction of sp³-hybridized carbons (Fsp3) is 0.522. The Labute approximate surface area is 183 Å². The number of carbonyl (C=O) groups is 2. The maximum atomic E-state index is 12.9. The summed E-state index contributed by atoms with van der Waals surface area (Å²) < 4.78 is 0. The highest BCUT2D eigenvalue weighted by Crippen LogP contribution is 2.20. The number of nitrogens with zero attached hydrogens (tertiary/aromatic N) is 2. The number of nitrogens with one attached hydrogen (secondary N) is 2. The van der Waals surface area contributed by atoms with Gasteiger partial charge in [-0.1, -0.05) is 38.5 Å². The molecule has 1 aromatic carbocycles. The average Bonchev–Trinajstić information content (AvgIpc) is 3.14. The molecule has 0 radical (unpaired) electrons. The first-order valence-electron chi connectivity index (χ1n) is 10.8. The smallest absolute Gasteiger partial charge is 0.252 e. The lowest BCUT2D eigenvalue weighted by Gasteiger charge is -2.25. The van der Waals surface area contributed by atoms with Gasteiger partial charge in [-0.05, 0) is 56.8 Å². The molecule has 2 amide bonds. The number of likely N-dealkylation sites (tertiary alicyclic amines) is 1. The molecular weight excluding hydrogens is 396 g/mol. The molecule has 1 aliphatic heterocycles. The van der Waals surface area contributed by atoms with Crippen molar-refractivity contribution in [1.29, 1.82) is 0 Å². The number of hydrogen-bond donors (Lipinski definition) is 2. The monoisotopic (exact) mass is 428 g/mol. The third-order valence-electron chi connectivity index (χ3n) is 5.33. The number of aromatic nitrogens is 1. The van der Waals surface area contributed by atoms with Crippen molar-refractivity contribution < 1.29 is 9.59 Å². The number of anilines is 1. The first-order chi connectivity index (χ1) is 14.4. The molecule has 1 atom stereocenters. The fourth-order valence-electron chi connectivity index (χ4n) is 3.74. The molecule has 2 N–H and O–H groups in total. The van der Waals surface area contributed by atoms with Gasteiger partial charge in [0.15, 0.2) is 5.13 Å². The van der Waals surface area contributed by atoms with Crippen LogP contribution in [0.25, 0.3) is 0 Å². The minimum Gasteiger partial charge on any atom is -0.340 e. The van der Waals surface area contributed by atoms with Crippen molar-refractivity contribution >= 4 is 28.3 Å². The summed E-state index contributed by atoms with van der Waals surface area (Å²) in [5, 5.41) is 8.42. The van der Waals surface area contributed by atoms with Crippen molar-refractivity contribution in [3.8, 4) is 0 Å². The summed E-state index contributed by atoms with van der Waals surface area (Å²) in [5.41, 5.74) is 2.47. The van der Waals surface area contributed by atoms with Crippen LogP contribution in [-0.2, 0) is 11.3 Å². The van der Waals surface area contributed by atoms with Gasteiger partial charge in [0.2, 0.25) is 5.91 Å². The predicted molar refractivity (Wildman–Crippen MR) is 122 cm³/mol. The number of thiazole rings is 1. The Morgan fingerprint density at radius 1 is 1.17 bits per heavy atom. The Morgan fingerprint density at radius 2 is 1.90 bits per heavy atom. The van der Waals surface area contributed by atoms with E-state index in [9.17, 15) is 9.59 Å². The Kier molecular flexibility index (Phi) is 7.99. The van der Waals surface area contributed by atoms with Gasteiger partial charge in [-0.2, -0.15) is 0 Å². The molecule has 1 aromatic heterocycles. The molecule has 2 heterocycles. The predicted octanol–water partition coefficient (Wildman–Crippen LogP) is 4.22. The Morgan fingerprint density at radius 3 is 2.60 bits per heavy atom. The molecule has 0 saturated carbocycles. The van der Waals surface area contributed by atoms with Gasteiger partial charge in [-0.25, -0.2) is 4.98 Å². The molecule has 3 rings (SSSR count). The van der Waals surface area contributed by atoms with Crippen LogP contribution < -0.4 is 10.6 Å². The lowest BCUT2D eigenvalue weighted by atomic mass is 10.0. The van der Waals surface area contributed by atoms with Gasteiger partial charge in [-0.15, -0.1) is 11.3 Å². The van der Waals surface area contributed by atoms with Crippen LogP contribution in [0.1, 0.15) is 61.1 Å². The number of piperidine rings is 1. The third kappa shape index (κ3) is 6.37. The molecule has 2 aromatic rings. The summed E-state index contributed by atoms with van der Waals surface area (Å²) >= 11 is 1.44. The van der Waals surface area contributed by atoms with Gasteiger partial charge < -0.3 is 10.6 Å². The number of aryl methyl sites for hydroxylation is 1. The Hall–Kier alpha value is -2.25. The third-order valence-corrected chi connectivity index (χ3v) is 6.14. The van der Waals surface area contributed by atoms with E-state index in [2.05, 4.69) is 20.5 Å². The average molecular weight is 429 g/mol. The first-order valence-corrected chi connectivity index (χ1v) is 11.6. The molecule has 0 unspecified atom stereocenters. The normalized spacial score (nSPS) is 15.7. The summed E-state index contributed by atoms with van der Waals surface area (Å²) in [6.45, 7) is 9.03. The lowest BCUT2D eigenvalue weighted by molar-refractivity contribution is -0.118. The number of benzene rings is 1. The SMILES string of the molecule is Cc1ccccc1C(=O)N[C@@H](CC(C)C)C(=O)Nc1nc(CN2CCCCC2)cs1. The van der Waals surface area contributed by atoms with Crippen LogP contribution in [0, 0.1) is 12.8 Å². The van der Waals surface area contributed by atoms with E-state index in [1.165, 1.54) is 30.6 Å². The zero-order valence-electron chi connectivity index (χ0n) is 18.1. The summed E-state index contributed by atoms with van der Waals surface area (Å²) in [6, 6.07) is 6.80. The van der Waals surface area contributed by atoms with Crippen molar-refractivity contribution in [3.63, 3.8) is 0 Å². The zero-order valence-corrected chi connectivity index (χ0v) is 18.9. The summed E-state index contributed by atoms with van der Waals surface area (Å²) in [5.74, 6) is -0.174. The molecule has 7 heteroatoms. The number of rotatable bonds is 8. The number of carbonyl (C=O) groups excluding carboxylic acids is 2. The van der Waals surface area contributed by atoms with E-state index < -0.39 is 6.04 Å². The minimum atomic E-state index is -0.605. The quantitative estimate of drug-likeness (QED) is 0.660. The second-order valence-electron chi connectivity index (χ2n) is 8.44. The maximum Gasteiger partial charge on any atom is 0.252 e. The molecule has 0 spiro atoms. The van der Waals surface area contributed by atoms with Gasteiger partial charge in [0.1, 0.15) is 6.04 Å². The van der Waals surface area contributed by atoms with Gasteiger partial charge in [0.25, 0.3) is 5.91 Å². The standard InChI is InChI=1S/C23H32N4O2S/c1-16(2)13-20(25-21(28)19-10-6-5-9-17(19)3)22(29)26-23-24-18(15-30-23)14-27-11-7-4-8-12-27/h5-6,9-10,15-16,20H,4,7-8,11-14H2,1-3H3,(H,25,28)(H,24,26,29)/t20-/m0/s1. The van der Waals surface area contributed by atoms with Crippen LogP contribution in [0.5, 0.6) is 0 Å². The fourth-order valence-corrected chi connectivity index (χ4v) is 4.45. The van der Waals surface area contributed by atoms with Crippen molar-refractivity contribution in [1.82, 2.24) is 15.2 Å². The van der Waals surface area contributed by atoms with Gasteiger partial charge in [-0.3, -0.25) is 14.5 Å². The van der Waals surface area contributed by atoms with E-state index in [4.69, 9.17) is 0 Å². The van der Waals surface area contributed by atoms with E-state index in [1.807, 2.05) is 44.4 Å². The number of hydrogen-bond acceptors (Lipinski definition) is 5. The van der Waals surface area contributed by atoms with Crippen LogP contribution >= 0.6 is 11.3 Å². The highest BCUT2D eigenvalue weighted by molar-refractivity contribution is 7.13. The lowest BCUT2D eigenvalue weighted by Crippen LogP contribution is -2.44. The molecule has 0 bridgehead atoms. The zero-order chi connectivity index (χ0) is 21.5. The first kappa shape index (κ1) is 22.4. The van der Waals surface area contributed by atoms with E-state index in [-0.39, 0.29) is 17.7 Å². The summed E-state index contributed by atoms with van der Waals surface area (Å²) in [6.07, 6.45) is 4.35. The number of amides is 2. The van der Waals surface area contributed by atoms with Crippen LogP contribution in [0.15, 0.2) is 29.6 Å². The minimum absolute atomic E-state index is 0.218. The van der Waals surface area contributed by atoms with Gasteiger partial charge >= 0.3 is 0 Å². The molecule has 6 nitrogen and oxygen atoms in total. The van der Waals surface area contributed by atoms with Crippen molar-refractivity contribution in [3.05, 3.63) is 46.5 Å². The molecule has 1 saturated heterocycles. The van der Waals surface area contributed by atoms with Gasteiger partial charge in [0.05, 0.1) is 5.69 Å². The van der Waals surface area contributed by atoms with Gasteiger partial charge in [0, 0.05) is 17.5 Å². The van der Waals surface area contributed by atoms with Crippen molar-refractivity contribution in [2.24, 2.45) is 5.92 Å². The largest absolute Gasteiger partial charge is 0.340 e. The second-order valence-corrected chi connectivity index (χ2v) is 9.30. The summed E-state index contributed by atoms with van der Waals surface area (Å²) in [7, 11) is 0. The maximum absolute atomic E-state index is 12.9. The van der Waals surface area contributed by atoms with Crippen LogP contribution in [0.4, 0.5) is 5.13 Å². The highest BCUT2D eigenvalue weighted by atomic mass is 32.1. The van der Waals surface area contributed by atoms with Crippen LogP contribution in [0.3, 0.4) is 0 Å². The Balaban J connectivity index is 1.62. The van der Waals surface area contributed by atoms with E-state index in [1.54, 1.807) is 6.07 Å². The molecule has 30 heavy (non-hydrogen) atoms. The summed E-state index contributed by atoms with van der Waals surface area (Å²) in [4.78, 5) is 32.7. The highest BCUT2D eigenvalue weighted by Gasteiger charge is 2.24. The topological polar surface area (TPSA) is 74.3 Å². The van der Waals surface area contributed by atoms with Crippen LogP contribution in [0.2, 0.25) is 0 Å². The van der Waals surface area contributed by atoms with E-state index in [0.29, 0.717) is 17.1 Å². The van der Waals surface area contributed by atoms with Crippen molar-refractivity contribution in [2.45, 2.75) is 59.0 Å². The molecular formula is C23H32N4O2S. The molecule has 1 aliphatic rings. The van der Waals surface area contributed by atoms with Crippen LogP contribution in [-0.4, -0.2) is 40.8 Å². The molecule has 1 fully saturated rings. The van der Waals surface area contributed by atoms with Crippen molar-refractivity contribution in [2.75, 3.05) is 18.4 Å². The second kappa shape index (κ2) is 10.7. The molecule has 162 valence electrons. The Bertz CT molecular complexity index is 858.